The van der Waals surface area contributed by atoms with Gasteiger partial charge in [-0.15, -0.1) is 0 Å². The molecule has 1 aliphatic rings. The molecule has 0 saturated heterocycles. The summed E-state index contributed by atoms with van der Waals surface area (Å²) in [6.07, 6.45) is 2.54. The highest BCUT2D eigenvalue weighted by atomic mass is 16.5. The van der Waals surface area contributed by atoms with Crippen molar-refractivity contribution in [1.82, 2.24) is 9.97 Å². The maximum Gasteiger partial charge on any atom is 0.159 e. The van der Waals surface area contributed by atoms with Crippen molar-refractivity contribution in [1.29, 1.82) is 0 Å². The Morgan fingerprint density at radius 2 is 1.85 bits per heavy atom. The molecule has 0 spiro atoms. The molecule has 0 fully saturated rings. The van der Waals surface area contributed by atoms with Crippen LogP contribution in [0.4, 0.5) is 23.0 Å². The van der Waals surface area contributed by atoms with E-state index in [1.165, 1.54) is 11.1 Å². The van der Waals surface area contributed by atoms with E-state index in [0.717, 1.165) is 36.8 Å². The van der Waals surface area contributed by atoms with E-state index >= 15 is 0 Å². The summed E-state index contributed by atoms with van der Waals surface area (Å²) < 4.78 is 5.68. The molecule has 0 radical (unpaired) electrons. The third kappa shape index (κ3) is 3.51. The van der Waals surface area contributed by atoms with Crippen LogP contribution in [-0.2, 0) is 13.0 Å². The first-order chi connectivity index (χ1) is 13.3. The molecule has 1 aliphatic heterocycles. The lowest BCUT2D eigenvalue weighted by atomic mass is 10.00. The largest absolute Gasteiger partial charge is 0.492 e. The highest BCUT2D eigenvalue weighted by Crippen LogP contribution is 2.34. The Morgan fingerprint density at radius 1 is 1.07 bits per heavy atom. The summed E-state index contributed by atoms with van der Waals surface area (Å²) in [4.78, 5) is 11.0. The van der Waals surface area contributed by atoms with Crippen molar-refractivity contribution in [3.8, 4) is 5.75 Å². The second-order valence-electron chi connectivity index (χ2n) is 6.45. The summed E-state index contributed by atoms with van der Waals surface area (Å²) in [7, 11) is 0. The highest BCUT2D eigenvalue weighted by Gasteiger charge is 2.21. The van der Waals surface area contributed by atoms with Gasteiger partial charge in [0.05, 0.1) is 12.3 Å². The van der Waals surface area contributed by atoms with Gasteiger partial charge >= 0.3 is 0 Å². The number of fused-ring (bicyclic) bond motifs is 1. The Hall–Kier alpha value is -3.28. The Labute approximate surface area is 159 Å². The lowest BCUT2D eigenvalue weighted by molar-refractivity contribution is 0.342. The van der Waals surface area contributed by atoms with Crippen LogP contribution in [0.5, 0.6) is 5.75 Å². The molecule has 6 nitrogen and oxygen atoms in total. The van der Waals surface area contributed by atoms with Crippen LogP contribution in [0.15, 0.2) is 54.9 Å². The number of anilines is 4. The van der Waals surface area contributed by atoms with E-state index in [-0.39, 0.29) is 0 Å². The van der Waals surface area contributed by atoms with E-state index in [0.29, 0.717) is 18.1 Å². The standard InChI is InChI=1S/C21H23N5O/c1-2-27-18-10-6-5-9-17(18)25-20-19(22)21(24-14-23-20)26-12-11-15-7-3-4-8-16(15)13-26/h3-10,14H,2,11-13,22H2,1H3,(H,23,24,25). The second-order valence-corrected chi connectivity index (χ2v) is 6.45. The van der Waals surface area contributed by atoms with Crippen molar-refractivity contribution in [3.63, 3.8) is 0 Å². The molecule has 0 bridgehead atoms. The van der Waals surface area contributed by atoms with E-state index < -0.39 is 0 Å². The van der Waals surface area contributed by atoms with Crippen molar-refractivity contribution in [3.05, 3.63) is 66.0 Å². The molecule has 2 aromatic carbocycles. The van der Waals surface area contributed by atoms with Crippen LogP contribution in [-0.4, -0.2) is 23.1 Å². The molecule has 6 heteroatoms. The predicted octanol–water partition coefficient (Wildman–Crippen LogP) is 3.76. The van der Waals surface area contributed by atoms with Crippen molar-refractivity contribution in [2.75, 3.05) is 29.1 Å². The maximum absolute atomic E-state index is 6.44. The minimum absolute atomic E-state index is 0.545. The van der Waals surface area contributed by atoms with Gasteiger partial charge in [-0.25, -0.2) is 9.97 Å². The van der Waals surface area contributed by atoms with Gasteiger partial charge in [0.15, 0.2) is 11.6 Å². The first-order valence-corrected chi connectivity index (χ1v) is 9.17. The van der Waals surface area contributed by atoms with Gasteiger partial charge in [-0.1, -0.05) is 36.4 Å². The lowest BCUT2D eigenvalue weighted by Gasteiger charge is -2.30. The summed E-state index contributed by atoms with van der Waals surface area (Å²) in [6, 6.07) is 16.3. The minimum Gasteiger partial charge on any atom is -0.492 e. The van der Waals surface area contributed by atoms with Gasteiger partial charge in [-0.05, 0) is 36.6 Å². The van der Waals surface area contributed by atoms with Crippen molar-refractivity contribution < 1.29 is 4.74 Å². The zero-order valence-electron chi connectivity index (χ0n) is 15.4. The molecule has 2 heterocycles. The van der Waals surface area contributed by atoms with Gasteiger partial charge in [-0.2, -0.15) is 0 Å². The number of hydrogen-bond acceptors (Lipinski definition) is 6. The van der Waals surface area contributed by atoms with Crippen LogP contribution < -0.4 is 20.7 Å². The topological polar surface area (TPSA) is 76.3 Å². The quantitative estimate of drug-likeness (QED) is 0.720. The van der Waals surface area contributed by atoms with Crippen molar-refractivity contribution in [2.24, 2.45) is 0 Å². The van der Waals surface area contributed by atoms with Gasteiger partial charge in [0, 0.05) is 13.1 Å². The van der Waals surface area contributed by atoms with E-state index in [2.05, 4.69) is 44.5 Å². The zero-order valence-corrected chi connectivity index (χ0v) is 15.4. The van der Waals surface area contributed by atoms with Crippen LogP contribution in [0.2, 0.25) is 0 Å². The molecular formula is C21H23N5O. The summed E-state index contributed by atoms with van der Waals surface area (Å²) in [5.41, 5.74) is 10.5. The summed E-state index contributed by atoms with van der Waals surface area (Å²) in [5, 5.41) is 3.30. The van der Waals surface area contributed by atoms with Gasteiger partial charge < -0.3 is 20.7 Å². The molecule has 0 amide bonds. The van der Waals surface area contributed by atoms with Crippen molar-refractivity contribution in [2.45, 2.75) is 19.9 Å². The summed E-state index contributed by atoms with van der Waals surface area (Å²) >= 11 is 0. The number of aromatic nitrogens is 2. The Morgan fingerprint density at radius 3 is 2.70 bits per heavy atom. The molecule has 0 unspecified atom stereocenters. The molecule has 0 aliphatic carbocycles. The first kappa shape index (κ1) is 17.1. The van der Waals surface area contributed by atoms with Crippen LogP contribution in [0, 0.1) is 0 Å². The number of para-hydroxylation sites is 2. The molecule has 3 aromatic rings. The van der Waals surface area contributed by atoms with E-state index in [1.807, 2.05) is 31.2 Å². The maximum atomic E-state index is 6.44. The van der Waals surface area contributed by atoms with Crippen LogP contribution in [0.3, 0.4) is 0 Å². The molecular weight excluding hydrogens is 338 g/mol. The van der Waals surface area contributed by atoms with Crippen LogP contribution in [0.25, 0.3) is 0 Å². The molecule has 4 rings (SSSR count). The van der Waals surface area contributed by atoms with Crippen LogP contribution >= 0.6 is 0 Å². The van der Waals surface area contributed by atoms with Gasteiger partial charge in [0.1, 0.15) is 17.8 Å². The Balaban J connectivity index is 1.61. The number of hydrogen-bond donors (Lipinski definition) is 2. The minimum atomic E-state index is 0.545. The monoisotopic (exact) mass is 361 g/mol. The lowest BCUT2D eigenvalue weighted by Crippen LogP contribution is -2.31. The number of ether oxygens (including phenoxy) is 1. The molecule has 1 aromatic heterocycles. The molecule has 0 saturated carbocycles. The molecule has 3 N–H and O–H groups in total. The third-order valence-corrected chi connectivity index (χ3v) is 4.73. The molecule has 0 atom stereocenters. The fourth-order valence-electron chi connectivity index (χ4n) is 3.39. The highest BCUT2D eigenvalue weighted by molar-refractivity contribution is 5.79. The number of nitrogen functional groups attached to an aromatic ring is 1. The van der Waals surface area contributed by atoms with Gasteiger partial charge in [0.25, 0.3) is 0 Å². The second kappa shape index (κ2) is 7.53. The van der Waals surface area contributed by atoms with Gasteiger partial charge in [-0.3, -0.25) is 0 Å². The number of nitrogens with two attached hydrogens (primary N) is 1. The summed E-state index contributed by atoms with van der Waals surface area (Å²) in [6.45, 7) is 4.23. The number of benzene rings is 2. The number of nitrogens with zero attached hydrogens (tertiary/aromatic N) is 3. The average molecular weight is 361 g/mol. The molecule has 138 valence electrons. The molecule has 27 heavy (non-hydrogen) atoms. The summed E-state index contributed by atoms with van der Waals surface area (Å²) in [5.74, 6) is 2.12. The smallest absolute Gasteiger partial charge is 0.159 e. The first-order valence-electron chi connectivity index (χ1n) is 9.17. The predicted molar refractivity (Wildman–Crippen MR) is 109 cm³/mol. The fourth-order valence-corrected chi connectivity index (χ4v) is 3.39. The Bertz CT molecular complexity index is 943. The normalized spacial score (nSPS) is 13.1. The van der Waals surface area contributed by atoms with E-state index in [4.69, 9.17) is 10.5 Å². The average Bonchev–Trinajstić information content (AvgIpc) is 2.71. The van der Waals surface area contributed by atoms with E-state index in [9.17, 15) is 0 Å². The zero-order chi connectivity index (χ0) is 18.6. The third-order valence-electron chi connectivity index (χ3n) is 4.73. The fraction of sp³-hybridized carbons (Fsp3) is 0.238. The SMILES string of the molecule is CCOc1ccccc1Nc1ncnc(N2CCc3ccccc3C2)c1N. The Kier molecular flexibility index (Phi) is 4.78. The number of rotatable bonds is 5. The van der Waals surface area contributed by atoms with E-state index in [1.54, 1.807) is 6.33 Å². The number of nitrogens with one attached hydrogen (secondary N) is 1. The van der Waals surface area contributed by atoms with Crippen molar-refractivity contribution >= 4 is 23.0 Å². The van der Waals surface area contributed by atoms with Gasteiger partial charge in [0.2, 0.25) is 0 Å². The van der Waals surface area contributed by atoms with Crippen LogP contribution in [0.1, 0.15) is 18.1 Å².